The fraction of sp³-hybridized carbons (Fsp3) is 0.500. The van der Waals surface area contributed by atoms with Crippen LogP contribution in [0.4, 0.5) is 4.39 Å². The molecule has 0 saturated carbocycles. The minimum absolute atomic E-state index is 0. The summed E-state index contributed by atoms with van der Waals surface area (Å²) in [6.45, 7) is 3.41. The maximum Gasteiger partial charge on any atom is 0.109 e. The van der Waals surface area contributed by atoms with E-state index in [9.17, 15) is 4.39 Å². The van der Waals surface area contributed by atoms with Gasteiger partial charge in [0.2, 0.25) is 0 Å². The molecule has 1 N–H and O–H groups in total. The van der Waals surface area contributed by atoms with E-state index in [1.165, 1.54) is 0 Å². The molecule has 0 amide bonds. The van der Waals surface area contributed by atoms with Crippen molar-refractivity contribution in [1.29, 1.82) is 0 Å². The Morgan fingerprint density at radius 3 is 2.50 bits per heavy atom. The Balaban J connectivity index is 0.00000144. The lowest BCUT2D eigenvalue weighted by Crippen LogP contribution is -2.45. The summed E-state index contributed by atoms with van der Waals surface area (Å²) in [5.74, 6) is 0. The first-order valence-corrected chi connectivity index (χ1v) is 6.37. The van der Waals surface area contributed by atoms with Crippen molar-refractivity contribution in [2.75, 3.05) is 32.9 Å². The molecule has 0 unspecified atom stereocenters. The number of nitrogens with one attached hydrogen (secondary N) is 1. The van der Waals surface area contributed by atoms with E-state index >= 15 is 0 Å². The van der Waals surface area contributed by atoms with Crippen molar-refractivity contribution in [3.63, 3.8) is 0 Å². The van der Waals surface area contributed by atoms with E-state index < -0.39 is 0 Å². The van der Waals surface area contributed by atoms with Crippen molar-refractivity contribution in [2.24, 2.45) is 0 Å². The summed E-state index contributed by atoms with van der Waals surface area (Å²) in [6.07, 6.45) is 0. The minimum Gasteiger partial charge on any atom is -0.314 e. The predicted octanol–water partition coefficient (Wildman–Crippen LogP) is 3.21. The number of hydrogen-bond donors (Lipinski definition) is 1. The van der Waals surface area contributed by atoms with E-state index in [1.54, 1.807) is 0 Å². The Labute approximate surface area is 128 Å². The van der Waals surface area contributed by atoms with Crippen LogP contribution in [0.1, 0.15) is 11.6 Å². The Morgan fingerprint density at radius 1 is 1.28 bits per heavy atom. The van der Waals surface area contributed by atoms with Crippen LogP contribution in [-0.4, -0.2) is 37.8 Å². The highest BCUT2D eigenvalue weighted by Gasteiger charge is 2.21. The van der Waals surface area contributed by atoms with Crippen LogP contribution in [0.15, 0.2) is 28.7 Å². The molecule has 1 heterocycles. The van der Waals surface area contributed by atoms with E-state index in [4.69, 9.17) is 0 Å². The standard InChI is InChI=1S/C12H16BrFN2.2ClH/c13-11-3-1-2-10(8-11)12(9-14)16-6-4-15-5-7-16;;/h1-3,8,12,15H,4-7,9H2;2*1H/t12-;;/m0../s1. The minimum atomic E-state index is -0.323. The highest BCUT2D eigenvalue weighted by molar-refractivity contribution is 9.10. The van der Waals surface area contributed by atoms with Crippen molar-refractivity contribution in [3.8, 4) is 0 Å². The zero-order valence-electron chi connectivity index (χ0n) is 9.94. The van der Waals surface area contributed by atoms with Crippen LogP contribution >= 0.6 is 40.7 Å². The molecule has 0 aromatic heterocycles. The molecule has 1 aliphatic heterocycles. The molecule has 1 aromatic rings. The van der Waals surface area contributed by atoms with Crippen LogP contribution in [0.3, 0.4) is 0 Å². The number of piperazine rings is 1. The Kier molecular flexibility index (Phi) is 9.17. The summed E-state index contributed by atoms with van der Waals surface area (Å²) in [5, 5.41) is 3.28. The largest absolute Gasteiger partial charge is 0.314 e. The van der Waals surface area contributed by atoms with Crippen LogP contribution < -0.4 is 5.32 Å². The van der Waals surface area contributed by atoms with Gasteiger partial charge >= 0.3 is 0 Å². The second-order valence-corrected chi connectivity index (χ2v) is 4.93. The monoisotopic (exact) mass is 358 g/mol. The first-order valence-electron chi connectivity index (χ1n) is 5.57. The number of nitrogens with zero attached hydrogens (tertiary/aromatic N) is 1. The molecular weight excluding hydrogens is 342 g/mol. The van der Waals surface area contributed by atoms with Crippen molar-refractivity contribution < 1.29 is 4.39 Å². The van der Waals surface area contributed by atoms with Crippen molar-refractivity contribution in [2.45, 2.75) is 6.04 Å². The third-order valence-electron chi connectivity index (χ3n) is 2.97. The van der Waals surface area contributed by atoms with Crippen LogP contribution in [-0.2, 0) is 0 Å². The maximum absolute atomic E-state index is 13.2. The second kappa shape index (κ2) is 9.10. The van der Waals surface area contributed by atoms with Crippen LogP contribution in [0.5, 0.6) is 0 Å². The van der Waals surface area contributed by atoms with Crippen molar-refractivity contribution >= 4 is 40.7 Å². The molecule has 1 fully saturated rings. The Hall–Kier alpha value is 0.130. The molecule has 2 rings (SSSR count). The van der Waals surface area contributed by atoms with Gasteiger partial charge in [-0.05, 0) is 17.7 Å². The Bertz CT molecular complexity index is 349. The summed E-state index contributed by atoms with van der Waals surface area (Å²) < 4.78 is 14.2. The fourth-order valence-electron chi connectivity index (χ4n) is 2.11. The maximum atomic E-state index is 13.2. The molecule has 2 nitrogen and oxygen atoms in total. The molecule has 0 radical (unpaired) electrons. The summed E-state index contributed by atoms with van der Waals surface area (Å²) >= 11 is 3.43. The van der Waals surface area contributed by atoms with E-state index in [0.717, 1.165) is 36.2 Å². The van der Waals surface area contributed by atoms with E-state index in [1.807, 2.05) is 24.3 Å². The van der Waals surface area contributed by atoms with Gasteiger partial charge in [0.15, 0.2) is 0 Å². The van der Waals surface area contributed by atoms with Crippen molar-refractivity contribution in [1.82, 2.24) is 10.2 Å². The summed E-state index contributed by atoms with van der Waals surface area (Å²) in [7, 11) is 0. The highest BCUT2D eigenvalue weighted by Crippen LogP contribution is 2.24. The van der Waals surface area contributed by atoms with E-state index in [-0.39, 0.29) is 37.5 Å². The molecule has 0 aliphatic carbocycles. The van der Waals surface area contributed by atoms with Gasteiger partial charge in [0.05, 0.1) is 6.04 Å². The van der Waals surface area contributed by atoms with Gasteiger partial charge in [0.1, 0.15) is 6.67 Å². The SMILES string of the molecule is Cl.Cl.FC[C@@H](c1cccc(Br)c1)N1CCNCC1. The molecular formula is C12H18BrCl2FN2. The van der Waals surface area contributed by atoms with Gasteiger partial charge in [-0.1, -0.05) is 28.1 Å². The molecule has 6 heteroatoms. The quantitative estimate of drug-likeness (QED) is 0.891. The normalized spacial score (nSPS) is 17.4. The average molecular weight is 360 g/mol. The van der Waals surface area contributed by atoms with Crippen molar-refractivity contribution in [3.05, 3.63) is 34.3 Å². The molecule has 1 aromatic carbocycles. The lowest BCUT2D eigenvalue weighted by molar-refractivity contribution is 0.147. The number of rotatable bonds is 3. The molecule has 18 heavy (non-hydrogen) atoms. The number of benzene rings is 1. The predicted molar refractivity (Wildman–Crippen MR) is 81.8 cm³/mol. The topological polar surface area (TPSA) is 15.3 Å². The van der Waals surface area contributed by atoms with Gasteiger partial charge < -0.3 is 5.32 Å². The van der Waals surface area contributed by atoms with Gasteiger partial charge in [0, 0.05) is 30.7 Å². The second-order valence-electron chi connectivity index (χ2n) is 4.01. The smallest absolute Gasteiger partial charge is 0.109 e. The first kappa shape index (κ1) is 18.1. The molecule has 1 aliphatic rings. The van der Waals surface area contributed by atoms with Crippen LogP contribution in [0.25, 0.3) is 0 Å². The Morgan fingerprint density at radius 2 is 1.94 bits per heavy atom. The number of halogens is 4. The van der Waals surface area contributed by atoms with Gasteiger partial charge in [-0.15, -0.1) is 24.8 Å². The van der Waals surface area contributed by atoms with E-state index in [0.29, 0.717) is 0 Å². The third-order valence-corrected chi connectivity index (χ3v) is 3.47. The first-order chi connectivity index (χ1) is 7.81. The van der Waals surface area contributed by atoms with Gasteiger partial charge in [0.25, 0.3) is 0 Å². The number of alkyl halides is 1. The zero-order chi connectivity index (χ0) is 11.4. The molecule has 0 spiro atoms. The summed E-state index contributed by atoms with van der Waals surface area (Å²) in [4.78, 5) is 2.21. The molecule has 1 saturated heterocycles. The van der Waals surface area contributed by atoms with Crippen LogP contribution in [0.2, 0.25) is 0 Å². The van der Waals surface area contributed by atoms with Gasteiger partial charge in [-0.25, -0.2) is 4.39 Å². The number of hydrogen-bond acceptors (Lipinski definition) is 2. The fourth-order valence-corrected chi connectivity index (χ4v) is 2.52. The summed E-state index contributed by atoms with van der Waals surface area (Å²) in [6, 6.07) is 7.84. The lowest BCUT2D eigenvalue weighted by atomic mass is 10.1. The molecule has 0 bridgehead atoms. The van der Waals surface area contributed by atoms with E-state index in [2.05, 4.69) is 26.1 Å². The lowest BCUT2D eigenvalue weighted by Gasteiger charge is -2.33. The molecule has 1 atom stereocenters. The third kappa shape index (κ3) is 4.67. The van der Waals surface area contributed by atoms with Gasteiger partial charge in [-0.3, -0.25) is 4.90 Å². The van der Waals surface area contributed by atoms with Crippen LogP contribution in [0, 0.1) is 0 Å². The zero-order valence-corrected chi connectivity index (χ0v) is 13.2. The average Bonchev–Trinajstić information content (AvgIpc) is 2.31. The van der Waals surface area contributed by atoms with Gasteiger partial charge in [-0.2, -0.15) is 0 Å². The highest BCUT2D eigenvalue weighted by atomic mass is 79.9. The molecule has 104 valence electrons. The summed E-state index contributed by atoms with van der Waals surface area (Å²) in [5.41, 5.74) is 1.05.